The fourth-order valence-corrected chi connectivity index (χ4v) is 2.79. The van der Waals surface area contributed by atoms with E-state index in [2.05, 4.69) is 0 Å². The lowest BCUT2D eigenvalue weighted by Crippen LogP contribution is -2.04. The summed E-state index contributed by atoms with van der Waals surface area (Å²) in [5, 5.41) is 10.9. The van der Waals surface area contributed by atoms with Crippen LogP contribution in [0.3, 0.4) is 0 Å². The summed E-state index contributed by atoms with van der Waals surface area (Å²) in [6.07, 6.45) is 0. The predicted octanol–water partition coefficient (Wildman–Crippen LogP) is 4.30. The Kier molecular flexibility index (Phi) is 4.16. The number of rotatable bonds is 4. The van der Waals surface area contributed by atoms with Gasteiger partial charge < -0.3 is 19.0 Å². The molecule has 0 fully saturated rings. The molecule has 0 amide bonds. The number of furan rings is 1. The van der Waals surface area contributed by atoms with Crippen LogP contribution in [0.4, 0.5) is 0 Å². The van der Waals surface area contributed by atoms with Gasteiger partial charge in [0.15, 0.2) is 0 Å². The highest BCUT2D eigenvalue weighted by atomic mass is 16.5. The molecule has 5 heteroatoms. The zero-order chi connectivity index (χ0) is 17.3. The molecule has 0 unspecified atom stereocenters. The standard InChI is InChI=1S/C19H18O5/c1-4-23-19(21)18-11(2)17-14(20)9-12(10-16(17)24-18)13-7-5-6-8-15(13)22-3/h5-10,20H,4H2,1-3H3. The van der Waals surface area contributed by atoms with Crippen molar-refractivity contribution in [2.45, 2.75) is 13.8 Å². The van der Waals surface area contributed by atoms with Gasteiger partial charge in [-0.3, -0.25) is 0 Å². The van der Waals surface area contributed by atoms with E-state index in [-0.39, 0.29) is 18.1 Å². The van der Waals surface area contributed by atoms with E-state index >= 15 is 0 Å². The maximum absolute atomic E-state index is 12.0. The van der Waals surface area contributed by atoms with E-state index in [4.69, 9.17) is 13.9 Å². The van der Waals surface area contributed by atoms with E-state index in [0.29, 0.717) is 22.3 Å². The number of phenols is 1. The molecule has 0 atom stereocenters. The Bertz CT molecular complexity index is 908. The van der Waals surface area contributed by atoms with Crippen LogP contribution in [0.25, 0.3) is 22.1 Å². The van der Waals surface area contributed by atoms with Gasteiger partial charge in [-0.15, -0.1) is 0 Å². The highest BCUT2D eigenvalue weighted by Crippen LogP contribution is 2.39. The molecule has 0 spiro atoms. The van der Waals surface area contributed by atoms with Crippen molar-refractivity contribution >= 4 is 16.9 Å². The lowest BCUT2D eigenvalue weighted by atomic mass is 10.0. The number of esters is 1. The van der Waals surface area contributed by atoms with Gasteiger partial charge in [-0.05, 0) is 37.6 Å². The Morgan fingerprint density at radius 1 is 1.25 bits per heavy atom. The van der Waals surface area contributed by atoms with Crippen LogP contribution >= 0.6 is 0 Å². The first-order valence-electron chi connectivity index (χ1n) is 7.63. The summed E-state index contributed by atoms with van der Waals surface area (Å²) in [5.74, 6) is 0.305. The second kappa shape index (κ2) is 6.28. The fraction of sp³-hybridized carbons (Fsp3) is 0.211. The molecule has 1 N–H and O–H groups in total. The quantitative estimate of drug-likeness (QED) is 0.724. The van der Waals surface area contributed by atoms with Gasteiger partial charge in [0, 0.05) is 11.1 Å². The second-order valence-electron chi connectivity index (χ2n) is 5.35. The number of aryl methyl sites for hydroxylation is 1. The van der Waals surface area contributed by atoms with Crippen LogP contribution in [0.15, 0.2) is 40.8 Å². The highest BCUT2D eigenvalue weighted by Gasteiger charge is 2.22. The molecule has 0 aliphatic heterocycles. The minimum Gasteiger partial charge on any atom is -0.507 e. The molecule has 0 saturated heterocycles. The number of ether oxygens (including phenoxy) is 2. The SMILES string of the molecule is CCOC(=O)c1oc2cc(-c3ccccc3OC)cc(O)c2c1C. The van der Waals surface area contributed by atoms with E-state index in [9.17, 15) is 9.90 Å². The van der Waals surface area contributed by atoms with Crippen LogP contribution in [0.1, 0.15) is 23.0 Å². The molecule has 0 aliphatic carbocycles. The van der Waals surface area contributed by atoms with Crippen molar-refractivity contribution in [1.29, 1.82) is 0 Å². The van der Waals surface area contributed by atoms with Gasteiger partial charge in [-0.1, -0.05) is 18.2 Å². The van der Waals surface area contributed by atoms with Crippen molar-refractivity contribution in [2.75, 3.05) is 13.7 Å². The first-order valence-corrected chi connectivity index (χ1v) is 7.63. The Morgan fingerprint density at radius 2 is 2.00 bits per heavy atom. The first kappa shape index (κ1) is 15.9. The molecule has 3 rings (SSSR count). The maximum atomic E-state index is 12.0. The number of phenolic OH excluding ortho intramolecular Hbond substituents is 1. The third-order valence-corrected chi connectivity index (χ3v) is 3.89. The molecule has 0 radical (unpaired) electrons. The molecule has 24 heavy (non-hydrogen) atoms. The maximum Gasteiger partial charge on any atom is 0.374 e. The number of benzene rings is 2. The molecular weight excluding hydrogens is 308 g/mol. The van der Waals surface area contributed by atoms with E-state index in [1.54, 1.807) is 33.1 Å². The van der Waals surface area contributed by atoms with Gasteiger partial charge in [0.05, 0.1) is 19.1 Å². The third-order valence-electron chi connectivity index (χ3n) is 3.89. The van der Waals surface area contributed by atoms with E-state index in [1.165, 1.54) is 0 Å². The topological polar surface area (TPSA) is 68.9 Å². The summed E-state index contributed by atoms with van der Waals surface area (Å²) in [6.45, 7) is 3.71. The van der Waals surface area contributed by atoms with Gasteiger partial charge in [0.25, 0.3) is 0 Å². The lowest BCUT2D eigenvalue weighted by Gasteiger charge is -2.09. The normalized spacial score (nSPS) is 10.8. The van der Waals surface area contributed by atoms with Crippen molar-refractivity contribution in [2.24, 2.45) is 0 Å². The molecule has 3 aromatic rings. The molecule has 2 aromatic carbocycles. The van der Waals surface area contributed by atoms with Crippen LogP contribution in [0.5, 0.6) is 11.5 Å². The minimum atomic E-state index is -0.538. The van der Waals surface area contributed by atoms with Gasteiger partial charge in [0.1, 0.15) is 17.1 Å². The van der Waals surface area contributed by atoms with Crippen molar-refractivity contribution < 1.29 is 23.8 Å². The largest absolute Gasteiger partial charge is 0.507 e. The van der Waals surface area contributed by atoms with Crippen molar-refractivity contribution in [3.8, 4) is 22.6 Å². The average Bonchev–Trinajstić information content (AvgIpc) is 2.92. The molecule has 1 aromatic heterocycles. The number of hydrogen-bond donors (Lipinski definition) is 1. The molecule has 0 aliphatic rings. The Morgan fingerprint density at radius 3 is 2.71 bits per heavy atom. The van der Waals surface area contributed by atoms with Crippen molar-refractivity contribution in [3.63, 3.8) is 0 Å². The van der Waals surface area contributed by atoms with E-state index in [0.717, 1.165) is 11.1 Å². The van der Waals surface area contributed by atoms with Gasteiger partial charge in [-0.25, -0.2) is 4.79 Å². The summed E-state index contributed by atoms with van der Waals surface area (Å²) >= 11 is 0. The molecule has 5 nitrogen and oxygen atoms in total. The fourth-order valence-electron chi connectivity index (χ4n) is 2.79. The van der Waals surface area contributed by atoms with Crippen LogP contribution < -0.4 is 4.74 Å². The summed E-state index contributed by atoms with van der Waals surface area (Å²) in [5.41, 5.74) is 2.55. The van der Waals surface area contributed by atoms with Gasteiger partial charge in [-0.2, -0.15) is 0 Å². The number of carbonyl (C=O) groups excluding carboxylic acids is 1. The molecular formula is C19H18O5. The Hall–Kier alpha value is -2.95. The number of methoxy groups -OCH3 is 1. The van der Waals surface area contributed by atoms with E-state index < -0.39 is 5.97 Å². The van der Waals surface area contributed by atoms with E-state index in [1.807, 2.05) is 24.3 Å². The Balaban J connectivity index is 2.19. The molecule has 124 valence electrons. The zero-order valence-electron chi connectivity index (χ0n) is 13.8. The average molecular weight is 326 g/mol. The Labute approximate surface area is 139 Å². The van der Waals surface area contributed by atoms with Crippen LogP contribution in [0.2, 0.25) is 0 Å². The van der Waals surface area contributed by atoms with Crippen molar-refractivity contribution in [3.05, 3.63) is 47.7 Å². The molecule has 0 saturated carbocycles. The number of aromatic hydroxyl groups is 1. The number of carbonyl (C=O) groups is 1. The third kappa shape index (κ3) is 2.58. The summed E-state index contributed by atoms with van der Waals surface area (Å²) in [6, 6.07) is 10.9. The lowest BCUT2D eigenvalue weighted by molar-refractivity contribution is 0.0491. The minimum absolute atomic E-state index is 0.0465. The summed E-state index contributed by atoms with van der Waals surface area (Å²) < 4.78 is 16.0. The van der Waals surface area contributed by atoms with Crippen LogP contribution in [0, 0.1) is 6.92 Å². The highest BCUT2D eigenvalue weighted by molar-refractivity contribution is 6.00. The van der Waals surface area contributed by atoms with Gasteiger partial charge in [0.2, 0.25) is 5.76 Å². The summed E-state index contributed by atoms with van der Waals surface area (Å²) in [7, 11) is 1.59. The van der Waals surface area contributed by atoms with Crippen LogP contribution in [-0.2, 0) is 4.74 Å². The zero-order valence-corrected chi connectivity index (χ0v) is 13.8. The molecule has 0 bridgehead atoms. The number of fused-ring (bicyclic) bond motifs is 1. The van der Waals surface area contributed by atoms with Crippen LogP contribution in [-0.4, -0.2) is 24.8 Å². The monoisotopic (exact) mass is 326 g/mol. The predicted molar refractivity (Wildman–Crippen MR) is 90.6 cm³/mol. The second-order valence-corrected chi connectivity index (χ2v) is 5.35. The number of para-hydroxylation sites is 1. The van der Waals surface area contributed by atoms with Gasteiger partial charge >= 0.3 is 5.97 Å². The van der Waals surface area contributed by atoms with Crippen molar-refractivity contribution in [1.82, 2.24) is 0 Å². The molecule has 1 heterocycles. The first-order chi connectivity index (χ1) is 11.6. The summed E-state index contributed by atoms with van der Waals surface area (Å²) in [4.78, 5) is 12.0. The smallest absolute Gasteiger partial charge is 0.374 e. The number of hydrogen-bond acceptors (Lipinski definition) is 5.